The van der Waals surface area contributed by atoms with Crippen molar-refractivity contribution in [3.63, 3.8) is 0 Å². The van der Waals surface area contributed by atoms with Crippen LogP contribution >= 0.6 is 0 Å². The maximum absolute atomic E-state index is 11.3. The third-order valence-corrected chi connectivity index (χ3v) is 1.96. The number of aromatic nitrogens is 1. The van der Waals surface area contributed by atoms with E-state index in [1.165, 1.54) is 0 Å². The number of carbonyl (C=O) groups is 1. The van der Waals surface area contributed by atoms with Crippen LogP contribution in [0.1, 0.15) is 19.0 Å². The zero-order chi connectivity index (χ0) is 12.0. The Morgan fingerprint density at radius 1 is 1.56 bits per heavy atom. The maximum atomic E-state index is 11.3. The molecule has 5 nitrogen and oxygen atoms in total. The van der Waals surface area contributed by atoms with Gasteiger partial charge in [0.05, 0.1) is 0 Å². The molecule has 0 radical (unpaired) electrons. The molecule has 0 spiro atoms. The van der Waals surface area contributed by atoms with Crippen molar-refractivity contribution in [1.29, 1.82) is 0 Å². The van der Waals surface area contributed by atoms with Gasteiger partial charge in [-0.15, -0.1) is 0 Å². The van der Waals surface area contributed by atoms with Gasteiger partial charge in [0.15, 0.2) is 18.2 Å². The van der Waals surface area contributed by atoms with Crippen LogP contribution in [0.2, 0.25) is 0 Å². The SMILES string of the molecule is CCCNC(=O)COc1ccc(C)nc1N. The van der Waals surface area contributed by atoms with E-state index in [-0.39, 0.29) is 12.5 Å². The molecule has 0 fully saturated rings. The highest BCUT2D eigenvalue weighted by Gasteiger charge is 2.05. The van der Waals surface area contributed by atoms with Crippen molar-refractivity contribution in [2.24, 2.45) is 0 Å². The van der Waals surface area contributed by atoms with Crippen molar-refractivity contribution < 1.29 is 9.53 Å². The normalized spacial score (nSPS) is 9.88. The second-order valence-electron chi connectivity index (χ2n) is 3.47. The van der Waals surface area contributed by atoms with Crippen molar-refractivity contribution in [3.05, 3.63) is 17.8 Å². The summed E-state index contributed by atoms with van der Waals surface area (Å²) in [4.78, 5) is 15.3. The van der Waals surface area contributed by atoms with Crippen molar-refractivity contribution in [1.82, 2.24) is 10.3 Å². The number of hydrogen-bond acceptors (Lipinski definition) is 4. The second kappa shape index (κ2) is 5.95. The lowest BCUT2D eigenvalue weighted by Crippen LogP contribution is -2.29. The number of rotatable bonds is 5. The number of pyridine rings is 1. The summed E-state index contributed by atoms with van der Waals surface area (Å²) in [6.45, 7) is 4.45. The molecule has 1 aromatic rings. The maximum Gasteiger partial charge on any atom is 0.257 e. The summed E-state index contributed by atoms with van der Waals surface area (Å²) in [5.74, 6) is 0.599. The lowest BCUT2D eigenvalue weighted by molar-refractivity contribution is -0.123. The first kappa shape index (κ1) is 12.3. The molecule has 16 heavy (non-hydrogen) atoms. The molecule has 0 unspecified atom stereocenters. The largest absolute Gasteiger partial charge is 0.480 e. The first-order valence-corrected chi connectivity index (χ1v) is 5.26. The molecule has 0 aliphatic rings. The first-order chi connectivity index (χ1) is 7.63. The van der Waals surface area contributed by atoms with Crippen LogP contribution < -0.4 is 15.8 Å². The summed E-state index contributed by atoms with van der Waals surface area (Å²) in [5, 5.41) is 2.71. The number of anilines is 1. The number of hydrogen-bond donors (Lipinski definition) is 2. The third kappa shape index (κ3) is 3.76. The summed E-state index contributed by atoms with van der Waals surface area (Å²) >= 11 is 0. The number of ether oxygens (including phenoxy) is 1. The van der Waals surface area contributed by atoms with Gasteiger partial charge >= 0.3 is 0 Å². The Hall–Kier alpha value is -1.78. The number of nitrogens with one attached hydrogen (secondary N) is 1. The molecule has 1 aromatic heterocycles. The van der Waals surface area contributed by atoms with E-state index in [0.717, 1.165) is 12.1 Å². The van der Waals surface area contributed by atoms with E-state index in [1.54, 1.807) is 12.1 Å². The molecule has 0 atom stereocenters. The van der Waals surface area contributed by atoms with Gasteiger partial charge in [0.1, 0.15) is 0 Å². The monoisotopic (exact) mass is 223 g/mol. The average molecular weight is 223 g/mol. The van der Waals surface area contributed by atoms with Gasteiger partial charge in [-0.25, -0.2) is 4.98 Å². The van der Waals surface area contributed by atoms with Crippen molar-refractivity contribution in [2.75, 3.05) is 18.9 Å². The number of nitrogen functional groups attached to an aromatic ring is 1. The molecule has 0 saturated heterocycles. The molecule has 0 aromatic carbocycles. The molecular weight excluding hydrogens is 206 g/mol. The zero-order valence-electron chi connectivity index (χ0n) is 9.62. The topological polar surface area (TPSA) is 77.2 Å². The van der Waals surface area contributed by atoms with E-state index in [2.05, 4.69) is 10.3 Å². The Bertz CT molecular complexity index is 366. The Morgan fingerprint density at radius 3 is 2.94 bits per heavy atom. The standard InChI is InChI=1S/C11H17N3O2/c1-3-6-13-10(15)7-16-9-5-4-8(2)14-11(9)12/h4-5H,3,6-7H2,1-2H3,(H2,12,14)(H,13,15). The lowest BCUT2D eigenvalue weighted by Gasteiger charge is -2.08. The van der Waals surface area contributed by atoms with Crippen LogP contribution in [0.4, 0.5) is 5.82 Å². The smallest absolute Gasteiger partial charge is 0.257 e. The van der Waals surface area contributed by atoms with Crippen LogP contribution in [0.5, 0.6) is 5.75 Å². The molecule has 0 aliphatic heterocycles. The highest BCUT2D eigenvalue weighted by molar-refractivity contribution is 5.77. The molecular formula is C11H17N3O2. The highest BCUT2D eigenvalue weighted by Crippen LogP contribution is 2.18. The summed E-state index contributed by atoms with van der Waals surface area (Å²) < 4.78 is 5.25. The Balaban J connectivity index is 2.45. The van der Waals surface area contributed by atoms with Crippen LogP contribution in [0.3, 0.4) is 0 Å². The Morgan fingerprint density at radius 2 is 2.31 bits per heavy atom. The summed E-state index contributed by atoms with van der Waals surface area (Å²) in [5.41, 5.74) is 6.46. The van der Waals surface area contributed by atoms with E-state index in [4.69, 9.17) is 10.5 Å². The predicted octanol–water partition coefficient (Wildman–Crippen LogP) is 0.877. The van der Waals surface area contributed by atoms with E-state index in [0.29, 0.717) is 18.1 Å². The van der Waals surface area contributed by atoms with Gasteiger partial charge in [-0.05, 0) is 25.5 Å². The fraction of sp³-hybridized carbons (Fsp3) is 0.455. The number of carbonyl (C=O) groups excluding carboxylic acids is 1. The average Bonchev–Trinajstić information content (AvgIpc) is 2.25. The van der Waals surface area contributed by atoms with Crippen molar-refractivity contribution >= 4 is 11.7 Å². The number of aryl methyl sites for hydroxylation is 1. The first-order valence-electron chi connectivity index (χ1n) is 5.26. The van der Waals surface area contributed by atoms with Crippen LogP contribution in [-0.4, -0.2) is 24.0 Å². The van der Waals surface area contributed by atoms with Crippen LogP contribution in [-0.2, 0) is 4.79 Å². The van der Waals surface area contributed by atoms with Gasteiger partial charge in [0.2, 0.25) is 0 Å². The molecule has 0 bridgehead atoms. The van der Waals surface area contributed by atoms with Gasteiger partial charge < -0.3 is 15.8 Å². The fourth-order valence-corrected chi connectivity index (χ4v) is 1.14. The Kier molecular flexibility index (Phi) is 4.57. The van der Waals surface area contributed by atoms with E-state index >= 15 is 0 Å². The van der Waals surface area contributed by atoms with Gasteiger partial charge in [-0.3, -0.25) is 4.79 Å². The molecule has 0 saturated carbocycles. The number of nitrogens with two attached hydrogens (primary N) is 1. The van der Waals surface area contributed by atoms with Crippen molar-refractivity contribution in [2.45, 2.75) is 20.3 Å². The highest BCUT2D eigenvalue weighted by atomic mass is 16.5. The molecule has 5 heteroatoms. The Labute approximate surface area is 95.0 Å². The lowest BCUT2D eigenvalue weighted by atomic mass is 10.3. The number of nitrogens with zero attached hydrogens (tertiary/aromatic N) is 1. The van der Waals surface area contributed by atoms with Crippen LogP contribution in [0.25, 0.3) is 0 Å². The van der Waals surface area contributed by atoms with E-state index in [1.807, 2.05) is 13.8 Å². The zero-order valence-corrected chi connectivity index (χ0v) is 9.62. The van der Waals surface area contributed by atoms with E-state index < -0.39 is 0 Å². The molecule has 1 heterocycles. The summed E-state index contributed by atoms with van der Waals surface area (Å²) in [7, 11) is 0. The number of amides is 1. The third-order valence-electron chi connectivity index (χ3n) is 1.96. The molecule has 0 aliphatic carbocycles. The fourth-order valence-electron chi connectivity index (χ4n) is 1.14. The molecule has 88 valence electrons. The van der Waals surface area contributed by atoms with Gasteiger partial charge in [-0.1, -0.05) is 6.92 Å². The van der Waals surface area contributed by atoms with Crippen LogP contribution in [0.15, 0.2) is 12.1 Å². The molecule has 1 amide bonds. The minimum absolute atomic E-state index is 0.0328. The van der Waals surface area contributed by atoms with Crippen molar-refractivity contribution in [3.8, 4) is 5.75 Å². The van der Waals surface area contributed by atoms with Gasteiger partial charge in [0.25, 0.3) is 5.91 Å². The van der Waals surface area contributed by atoms with Gasteiger partial charge in [0, 0.05) is 12.2 Å². The molecule has 3 N–H and O–H groups in total. The van der Waals surface area contributed by atoms with Gasteiger partial charge in [-0.2, -0.15) is 0 Å². The van der Waals surface area contributed by atoms with E-state index in [9.17, 15) is 4.79 Å². The summed E-state index contributed by atoms with van der Waals surface area (Å²) in [6, 6.07) is 3.50. The quantitative estimate of drug-likeness (QED) is 0.776. The van der Waals surface area contributed by atoms with Crippen LogP contribution in [0, 0.1) is 6.92 Å². The minimum atomic E-state index is -0.151. The predicted molar refractivity (Wildman–Crippen MR) is 62.2 cm³/mol. The summed E-state index contributed by atoms with van der Waals surface area (Å²) in [6.07, 6.45) is 0.903. The molecule has 1 rings (SSSR count). The minimum Gasteiger partial charge on any atom is -0.480 e. The second-order valence-corrected chi connectivity index (χ2v) is 3.47.